The Hall–Kier alpha value is -1.38. The molecule has 0 atom stereocenters. The van der Waals surface area contributed by atoms with Gasteiger partial charge in [0.1, 0.15) is 0 Å². The van der Waals surface area contributed by atoms with Crippen LogP contribution in [0.3, 0.4) is 0 Å². The third-order valence-corrected chi connectivity index (χ3v) is 1.86. The predicted octanol–water partition coefficient (Wildman–Crippen LogP) is 2.31. The first-order valence-electron chi connectivity index (χ1n) is 4.31. The molecule has 3 nitrogen and oxygen atoms in total. The van der Waals surface area contributed by atoms with Gasteiger partial charge in [0.25, 0.3) is 0 Å². The van der Waals surface area contributed by atoms with E-state index in [1.807, 2.05) is 12.2 Å². The number of ether oxygens (including phenoxy) is 1. The Bertz CT molecular complexity index is 298. The molecule has 0 fully saturated rings. The third-order valence-electron chi connectivity index (χ3n) is 1.86. The molecule has 0 aromatic heterocycles. The van der Waals surface area contributed by atoms with E-state index >= 15 is 0 Å². The Morgan fingerprint density at radius 1 is 1.69 bits per heavy atom. The van der Waals surface area contributed by atoms with Crippen molar-refractivity contribution in [3.05, 3.63) is 23.5 Å². The van der Waals surface area contributed by atoms with E-state index in [-0.39, 0.29) is 0 Å². The summed E-state index contributed by atoms with van der Waals surface area (Å²) in [5, 5.41) is 0. The molecule has 70 valence electrons. The van der Waals surface area contributed by atoms with Crippen molar-refractivity contribution in [2.75, 3.05) is 7.05 Å². The van der Waals surface area contributed by atoms with Crippen LogP contribution >= 0.6 is 0 Å². The molecule has 0 unspecified atom stereocenters. The van der Waals surface area contributed by atoms with Crippen molar-refractivity contribution in [2.24, 2.45) is 9.98 Å². The summed E-state index contributed by atoms with van der Waals surface area (Å²) in [5.41, 5.74) is 1.30. The quantitative estimate of drug-likeness (QED) is 0.638. The maximum Gasteiger partial charge on any atom is 0.193 e. The molecule has 3 heteroatoms. The zero-order chi connectivity index (χ0) is 9.68. The van der Waals surface area contributed by atoms with Gasteiger partial charge in [-0.15, -0.1) is 0 Å². The molecule has 0 aromatic rings. The molecule has 0 amide bonds. The highest BCUT2D eigenvalue weighted by atomic mass is 16.5. The zero-order valence-corrected chi connectivity index (χ0v) is 8.24. The topological polar surface area (TPSA) is 34.0 Å². The minimum atomic E-state index is 0.653. The molecule has 0 saturated carbocycles. The van der Waals surface area contributed by atoms with Crippen molar-refractivity contribution in [1.82, 2.24) is 0 Å². The van der Waals surface area contributed by atoms with Crippen LogP contribution in [-0.4, -0.2) is 19.3 Å². The van der Waals surface area contributed by atoms with Gasteiger partial charge in [-0.1, -0.05) is 18.6 Å². The van der Waals surface area contributed by atoms with E-state index in [1.165, 1.54) is 12.0 Å². The summed E-state index contributed by atoms with van der Waals surface area (Å²) in [4.78, 5) is 7.91. The van der Waals surface area contributed by atoms with Crippen LogP contribution < -0.4 is 0 Å². The summed E-state index contributed by atoms with van der Waals surface area (Å²) in [6.45, 7) is 4.20. The van der Waals surface area contributed by atoms with Gasteiger partial charge in [0.15, 0.2) is 18.0 Å². The minimum absolute atomic E-state index is 0.653. The number of nitrogens with zero attached hydrogens (tertiary/aromatic N) is 2. The number of amidine groups is 1. The summed E-state index contributed by atoms with van der Waals surface area (Å²) in [7, 11) is 1.70. The van der Waals surface area contributed by atoms with Gasteiger partial charge in [0.05, 0.1) is 0 Å². The van der Waals surface area contributed by atoms with Gasteiger partial charge < -0.3 is 4.74 Å². The molecule has 1 heterocycles. The Kier molecular flexibility index (Phi) is 3.43. The number of hydrogen-bond acceptors (Lipinski definition) is 2. The van der Waals surface area contributed by atoms with Crippen molar-refractivity contribution >= 4 is 12.2 Å². The van der Waals surface area contributed by atoms with E-state index in [4.69, 9.17) is 4.74 Å². The second-order valence-corrected chi connectivity index (χ2v) is 2.80. The van der Waals surface area contributed by atoms with Crippen LogP contribution in [0.5, 0.6) is 0 Å². The Balaban J connectivity index is 2.74. The molecule has 0 bridgehead atoms. The lowest BCUT2D eigenvalue weighted by atomic mass is 10.2. The maximum absolute atomic E-state index is 5.15. The fourth-order valence-electron chi connectivity index (χ4n) is 0.867. The fourth-order valence-corrected chi connectivity index (χ4v) is 0.867. The SMILES string of the molecule is CC/C(C)=C/C=C1/OC=N/C1=N/C. The average Bonchev–Trinajstić information content (AvgIpc) is 2.61. The van der Waals surface area contributed by atoms with Crippen LogP contribution in [0, 0.1) is 0 Å². The summed E-state index contributed by atoms with van der Waals surface area (Å²) < 4.78 is 5.15. The standard InChI is InChI=1S/C10H14N2O/c1-4-8(2)5-6-9-10(11-3)12-7-13-9/h5-7H,4H2,1-3H3/b8-5+,9-6+,11-10+. The first-order chi connectivity index (χ1) is 6.27. The van der Waals surface area contributed by atoms with Gasteiger partial charge in [0, 0.05) is 7.05 Å². The van der Waals surface area contributed by atoms with Gasteiger partial charge in [-0.3, -0.25) is 4.99 Å². The highest BCUT2D eigenvalue weighted by Gasteiger charge is 2.10. The lowest BCUT2D eigenvalue weighted by molar-refractivity contribution is 0.479. The Morgan fingerprint density at radius 3 is 3.08 bits per heavy atom. The first-order valence-corrected chi connectivity index (χ1v) is 4.31. The molecule has 13 heavy (non-hydrogen) atoms. The van der Waals surface area contributed by atoms with Crippen LogP contribution in [0.4, 0.5) is 0 Å². The molecule has 0 aromatic carbocycles. The van der Waals surface area contributed by atoms with E-state index < -0.39 is 0 Å². The molecule has 1 rings (SSSR count). The molecule has 0 spiro atoms. The lowest BCUT2D eigenvalue weighted by Gasteiger charge is -1.95. The first kappa shape index (κ1) is 9.71. The van der Waals surface area contributed by atoms with E-state index in [9.17, 15) is 0 Å². The molecule has 0 N–H and O–H groups in total. The van der Waals surface area contributed by atoms with Crippen LogP contribution in [0.15, 0.2) is 33.5 Å². The summed E-state index contributed by atoms with van der Waals surface area (Å²) in [6.07, 6.45) is 6.37. The Morgan fingerprint density at radius 2 is 2.46 bits per heavy atom. The maximum atomic E-state index is 5.15. The number of hydrogen-bond donors (Lipinski definition) is 0. The van der Waals surface area contributed by atoms with E-state index in [1.54, 1.807) is 7.05 Å². The highest BCUT2D eigenvalue weighted by molar-refractivity contribution is 6.04. The van der Waals surface area contributed by atoms with Crippen molar-refractivity contribution in [3.63, 3.8) is 0 Å². The molecule has 0 radical (unpaired) electrons. The lowest BCUT2D eigenvalue weighted by Crippen LogP contribution is -1.93. The van der Waals surface area contributed by atoms with E-state index in [0.29, 0.717) is 5.84 Å². The fraction of sp³-hybridized carbons (Fsp3) is 0.400. The number of rotatable bonds is 2. The molecule has 0 aliphatic carbocycles. The highest BCUT2D eigenvalue weighted by Crippen LogP contribution is 2.09. The Labute approximate surface area is 78.5 Å². The number of aliphatic imine (C=N–C) groups is 2. The van der Waals surface area contributed by atoms with Crippen LogP contribution in [-0.2, 0) is 4.74 Å². The van der Waals surface area contributed by atoms with E-state index in [2.05, 4.69) is 23.8 Å². The average molecular weight is 178 g/mol. The van der Waals surface area contributed by atoms with Crippen LogP contribution in [0.1, 0.15) is 20.3 Å². The zero-order valence-electron chi connectivity index (χ0n) is 8.24. The molecule has 1 aliphatic rings. The smallest absolute Gasteiger partial charge is 0.193 e. The minimum Gasteiger partial charge on any atom is -0.442 e. The molecule has 0 saturated heterocycles. The van der Waals surface area contributed by atoms with Crippen molar-refractivity contribution in [1.29, 1.82) is 0 Å². The monoisotopic (exact) mass is 178 g/mol. The van der Waals surface area contributed by atoms with Gasteiger partial charge in [-0.2, -0.15) is 4.99 Å². The second kappa shape index (κ2) is 4.60. The van der Waals surface area contributed by atoms with Gasteiger partial charge in [0.2, 0.25) is 0 Å². The predicted molar refractivity (Wildman–Crippen MR) is 55.1 cm³/mol. The summed E-state index contributed by atoms with van der Waals surface area (Å²) in [5.74, 6) is 1.37. The molecule has 1 aliphatic heterocycles. The summed E-state index contributed by atoms with van der Waals surface area (Å²) in [6, 6.07) is 0. The second-order valence-electron chi connectivity index (χ2n) is 2.80. The van der Waals surface area contributed by atoms with Gasteiger partial charge in [-0.25, -0.2) is 0 Å². The molecular formula is C10H14N2O. The third kappa shape index (κ3) is 2.54. The molecular weight excluding hydrogens is 164 g/mol. The van der Waals surface area contributed by atoms with Crippen molar-refractivity contribution in [2.45, 2.75) is 20.3 Å². The largest absolute Gasteiger partial charge is 0.442 e. The summed E-state index contributed by atoms with van der Waals surface area (Å²) >= 11 is 0. The number of allylic oxidation sites excluding steroid dienone is 3. The van der Waals surface area contributed by atoms with E-state index in [0.717, 1.165) is 12.2 Å². The van der Waals surface area contributed by atoms with Gasteiger partial charge in [-0.05, 0) is 19.4 Å². The van der Waals surface area contributed by atoms with Crippen LogP contribution in [0.25, 0.3) is 0 Å². The van der Waals surface area contributed by atoms with Crippen molar-refractivity contribution in [3.8, 4) is 0 Å². The normalized spacial score (nSPS) is 22.8. The van der Waals surface area contributed by atoms with Crippen LogP contribution in [0.2, 0.25) is 0 Å². The van der Waals surface area contributed by atoms with Crippen molar-refractivity contribution < 1.29 is 4.74 Å². The van der Waals surface area contributed by atoms with Gasteiger partial charge >= 0.3 is 0 Å².